The van der Waals surface area contributed by atoms with E-state index in [1.165, 1.54) is 121 Å². The predicted octanol–water partition coefficient (Wildman–Crippen LogP) is 29.2. The molecule has 0 amide bonds. The molecule has 0 unspecified atom stereocenters. The van der Waals surface area contributed by atoms with E-state index in [-0.39, 0.29) is 34.6 Å². The topological polar surface area (TPSA) is 140 Å². The van der Waals surface area contributed by atoms with Crippen molar-refractivity contribution in [3.8, 4) is 33.9 Å². The van der Waals surface area contributed by atoms with Gasteiger partial charge in [0.1, 0.15) is 0 Å². The van der Waals surface area contributed by atoms with Crippen LogP contribution in [0.3, 0.4) is 0 Å². The summed E-state index contributed by atoms with van der Waals surface area (Å²) in [6.45, 7) is 8.39. The molecular weight excluding hydrogens is 1760 g/mol. The van der Waals surface area contributed by atoms with Gasteiger partial charge in [0.2, 0.25) is 0 Å². The van der Waals surface area contributed by atoms with Crippen molar-refractivity contribution in [2.75, 3.05) is 0 Å². The van der Waals surface area contributed by atoms with Gasteiger partial charge in [-0.25, -0.2) is 0 Å². The minimum absolute atomic E-state index is 0.0995. The number of nitro benzene ring substituents is 2. The van der Waals surface area contributed by atoms with Gasteiger partial charge in [-0.2, -0.15) is 0 Å². The van der Waals surface area contributed by atoms with Crippen LogP contribution < -0.4 is 21.4 Å². The second-order valence-electron chi connectivity index (χ2n) is 32.8. The van der Waals surface area contributed by atoms with E-state index in [2.05, 4.69) is 429 Å². The fraction of sp³-hybridized carbons (Fsp3) is 0.0526. The maximum absolute atomic E-state index is 11.6. The number of hydrogen-bond donors (Lipinski definition) is 1. The molecule has 6 heterocycles. The molecule has 1 aliphatic rings. The monoisotopic (exact) mass is 1850 g/mol. The first-order chi connectivity index (χ1) is 64.1. The van der Waals surface area contributed by atoms with Gasteiger partial charge in [0.05, 0.1) is 75.2 Å². The van der Waals surface area contributed by atoms with Crippen molar-refractivity contribution in [2.24, 2.45) is 0 Å². The maximum atomic E-state index is 11.6. The van der Waals surface area contributed by atoms with Gasteiger partial charge in [-0.1, -0.05) is 325 Å². The van der Waals surface area contributed by atoms with E-state index in [9.17, 15) is 20.2 Å². The number of fused-ring (bicyclic) bond motifs is 16. The van der Waals surface area contributed by atoms with Gasteiger partial charge in [-0.3, -0.25) is 20.2 Å². The van der Waals surface area contributed by atoms with Gasteiger partial charge in [0.25, 0.3) is 11.4 Å². The van der Waals surface area contributed by atoms with E-state index in [0.717, 1.165) is 48.7 Å². The lowest BCUT2D eigenvalue weighted by molar-refractivity contribution is -0.385. The molecule has 13 nitrogen and oxygen atoms in total. The van der Waals surface area contributed by atoms with Gasteiger partial charge in [-0.15, -0.1) is 0 Å². The summed E-state index contributed by atoms with van der Waals surface area (Å²) in [6, 6.07) is 153. The summed E-state index contributed by atoms with van der Waals surface area (Å²) in [7, 11) is -0.831. The summed E-state index contributed by atoms with van der Waals surface area (Å²) < 4.78 is 23.6. The fourth-order valence-electron chi connectivity index (χ4n) is 17.9. The van der Waals surface area contributed by atoms with Crippen LogP contribution in [0.5, 0.6) is 0 Å². The van der Waals surface area contributed by atoms with Gasteiger partial charge < -0.3 is 32.6 Å². The number of rotatable bonds is 11. The maximum Gasteiger partial charge on any atom is 0.495 e. The molecule has 0 aliphatic carbocycles. The number of halogens is 2. The lowest BCUT2D eigenvalue weighted by Gasteiger charge is -2.32. The minimum Gasteiger partial charge on any atom is -0.399 e. The summed E-state index contributed by atoms with van der Waals surface area (Å²) in [5.74, 6) is 0. The zero-order valence-electron chi connectivity index (χ0n) is 72.1. The van der Waals surface area contributed by atoms with E-state index in [4.69, 9.17) is 9.31 Å². The minimum atomic E-state index is -0.446. The normalized spacial score (nSPS) is 12.6. The van der Waals surface area contributed by atoms with Crippen molar-refractivity contribution in [1.29, 1.82) is 0 Å². The summed E-state index contributed by atoms with van der Waals surface area (Å²) in [6.07, 6.45) is 0. The van der Waals surface area contributed by atoms with E-state index < -0.39 is 12.8 Å². The molecule has 0 bridgehead atoms. The van der Waals surface area contributed by atoms with Crippen LogP contribution in [0.2, 0.25) is 0 Å². The largest absolute Gasteiger partial charge is 0.495 e. The standard InChI is InChI=1S/C24H24BNO2.C24H16N2O2.C24H16N2.C18H12BrN.C18H15P.C6H4BrNO2/c1-23(2)24(3,4)28-25(27-23)19-14-10-16-21-22(19)18-13-8-9-15-20(18)26(21)17-11-6-5-7-12-17;27-26(28)22-15-7-4-11-18(22)19-13-8-16-23-24(19)20-12-5-6-14-21(20)25(23)17-9-2-1-3-10-17;1-2-8-16(9-3-1)26-21-13-7-5-11-18(21)24-22(26)15-14-20-23(24)17-10-4-6-12-19(17)25-20;19-15-10-6-12-17-18(15)14-9-4-5-11-16(14)20(17)13-7-2-1-3-8-13;1-4-10-16(11-5-1)19(17-12-6-2-7-13-17)18-14-8-3-9-15-18;7-5-3-1-2-4-6(5)8(9)10/h5-16H,1-4H3;1-16H;1-15,25H;1-12H;1-15H;1-4H. The molecule has 131 heavy (non-hydrogen) atoms. The Hall–Kier alpha value is -14.9. The van der Waals surface area contributed by atoms with E-state index in [0.29, 0.717) is 10.0 Å². The average molecular weight is 1850 g/mol. The van der Waals surface area contributed by atoms with Crippen LogP contribution >= 0.6 is 39.8 Å². The molecule has 1 fully saturated rings. The SMILES string of the molecule is Brc1cccc2c1c1ccccc1n2-c1ccccc1.CC1(C)OB(c2cccc3c2c2ccccc2n3-c2ccccc2)OC1(C)C.O=[N+]([O-])c1ccccc1-c1cccc2c1c1ccccc1n2-c1ccccc1.O=[N+]([O-])c1ccccc1Br.c1ccc(-n2c3ccccc3c3c4c(ccc32)[nH]c2ccccc24)cc1.c1ccc(P(c2ccccc2)c2ccccc2)cc1. The zero-order chi connectivity index (χ0) is 89.7. The van der Waals surface area contributed by atoms with Crippen LogP contribution in [0.15, 0.2) is 458 Å². The highest BCUT2D eigenvalue weighted by atomic mass is 79.9. The van der Waals surface area contributed by atoms with Crippen molar-refractivity contribution < 1.29 is 19.2 Å². The molecule has 18 aromatic carbocycles. The van der Waals surface area contributed by atoms with E-state index >= 15 is 0 Å². The molecule has 1 aliphatic heterocycles. The number of H-pyrrole nitrogens is 1. The summed E-state index contributed by atoms with van der Waals surface area (Å²) in [5.41, 5.74) is 18.5. The first-order valence-corrected chi connectivity index (χ1v) is 46.3. The summed E-state index contributed by atoms with van der Waals surface area (Å²) in [4.78, 5) is 24.7. The zero-order valence-corrected chi connectivity index (χ0v) is 76.2. The first kappa shape index (κ1) is 85.6. The molecule has 1 saturated heterocycles. The Labute approximate surface area is 776 Å². The van der Waals surface area contributed by atoms with Gasteiger partial charge in [0, 0.05) is 104 Å². The molecule has 0 atom stereocenters. The highest BCUT2D eigenvalue weighted by molar-refractivity contribution is 9.11. The number of nitro groups is 2. The number of hydrogen-bond acceptors (Lipinski definition) is 6. The van der Waals surface area contributed by atoms with Crippen LogP contribution in [0.4, 0.5) is 11.4 Å². The van der Waals surface area contributed by atoms with E-state index in [1.54, 1.807) is 30.3 Å². The van der Waals surface area contributed by atoms with Crippen molar-refractivity contribution in [3.05, 3.63) is 478 Å². The van der Waals surface area contributed by atoms with Crippen LogP contribution in [0.1, 0.15) is 27.7 Å². The number of aromatic nitrogens is 5. The Kier molecular flexibility index (Phi) is 24.5. The molecule has 0 spiro atoms. The quantitative estimate of drug-likeness (QED) is 0.0592. The Morgan fingerprint density at radius 2 is 0.588 bits per heavy atom. The third-order valence-electron chi connectivity index (χ3n) is 24.4. The molecule has 0 saturated carbocycles. The van der Waals surface area contributed by atoms with Crippen LogP contribution in [0, 0.1) is 20.2 Å². The van der Waals surface area contributed by atoms with E-state index in [1.807, 2.05) is 66.7 Å². The highest BCUT2D eigenvalue weighted by Gasteiger charge is 2.52. The lowest BCUT2D eigenvalue weighted by Crippen LogP contribution is -2.41. The molecule has 5 aromatic heterocycles. The third kappa shape index (κ3) is 16.8. The smallest absolute Gasteiger partial charge is 0.399 e. The van der Waals surface area contributed by atoms with Crippen LogP contribution in [-0.2, 0) is 9.31 Å². The fourth-order valence-corrected chi connectivity index (χ4v) is 21.2. The lowest BCUT2D eigenvalue weighted by atomic mass is 9.76. The van der Waals surface area contributed by atoms with Crippen LogP contribution in [0.25, 0.3) is 143 Å². The number of benzene rings is 18. The molecule has 23 aromatic rings. The van der Waals surface area contributed by atoms with Crippen molar-refractivity contribution in [1.82, 2.24) is 23.3 Å². The van der Waals surface area contributed by atoms with Crippen LogP contribution in [-0.4, -0.2) is 51.4 Å². The Morgan fingerprint density at radius 1 is 0.275 bits per heavy atom. The first-order valence-electron chi connectivity index (χ1n) is 43.4. The second kappa shape index (κ2) is 37.4. The Balaban J connectivity index is 0.000000104. The molecule has 24 rings (SSSR count). The summed E-state index contributed by atoms with van der Waals surface area (Å²) >= 11 is 6.75. The second-order valence-corrected chi connectivity index (χ2v) is 36.7. The number of para-hydroxylation sites is 11. The molecule has 0 radical (unpaired) electrons. The van der Waals surface area contributed by atoms with Gasteiger partial charge in [-0.05, 0) is 206 Å². The van der Waals surface area contributed by atoms with Crippen molar-refractivity contribution >= 4 is 189 Å². The average Bonchev–Trinajstić information content (AvgIpc) is 1.56. The molecular formula is C114H87BBr2N7O6P. The van der Waals surface area contributed by atoms with Gasteiger partial charge in [0.15, 0.2) is 0 Å². The summed E-state index contributed by atoms with van der Waals surface area (Å²) in [5, 5.41) is 38.3. The third-order valence-corrected chi connectivity index (χ3v) is 28.2. The highest BCUT2D eigenvalue weighted by Crippen LogP contribution is 2.45. The Bertz CT molecular complexity index is 7990. The van der Waals surface area contributed by atoms with Crippen molar-refractivity contribution in [3.63, 3.8) is 0 Å². The Morgan fingerprint density at radius 3 is 1.03 bits per heavy atom. The number of aromatic amines is 1. The molecule has 17 heteroatoms. The molecule has 1 N–H and O–H groups in total. The molecule has 636 valence electrons. The number of nitrogens with one attached hydrogen (secondary N) is 1. The number of nitrogens with zero attached hydrogens (tertiary/aromatic N) is 6. The predicted molar refractivity (Wildman–Crippen MR) is 554 cm³/mol. The van der Waals surface area contributed by atoms with Gasteiger partial charge >= 0.3 is 7.12 Å². The van der Waals surface area contributed by atoms with Crippen molar-refractivity contribution in [2.45, 2.75) is 38.9 Å².